The van der Waals surface area contributed by atoms with E-state index < -0.39 is 40.0 Å². The largest absolute Gasteiger partial charge is 0.465 e. The van der Waals surface area contributed by atoms with Crippen LogP contribution in [-0.4, -0.2) is 130 Å². The van der Waals surface area contributed by atoms with Gasteiger partial charge >= 0.3 is 35.8 Å². The predicted octanol–water partition coefficient (Wildman–Crippen LogP) is 14.4. The molecule has 0 saturated carbocycles. The van der Waals surface area contributed by atoms with Gasteiger partial charge in [0.05, 0.1) is 34.0 Å². The van der Waals surface area contributed by atoms with Crippen molar-refractivity contribution in [1.82, 2.24) is 9.80 Å². The molecule has 0 bridgehead atoms. The van der Waals surface area contributed by atoms with Gasteiger partial charge in [0, 0.05) is 31.7 Å². The second-order valence-electron chi connectivity index (χ2n) is 24.7. The van der Waals surface area contributed by atoms with Crippen LogP contribution in [0.1, 0.15) is 244 Å². The number of unbranched alkanes of at least 4 members (excludes halogenated alkanes) is 12. The summed E-state index contributed by atoms with van der Waals surface area (Å²) in [6.07, 6.45) is 21.3. The van der Waals surface area contributed by atoms with E-state index >= 15 is 0 Å². The van der Waals surface area contributed by atoms with Gasteiger partial charge in [0.15, 0.2) is 0 Å². The summed E-state index contributed by atoms with van der Waals surface area (Å²) in [5, 5.41) is -0.160. The van der Waals surface area contributed by atoms with Crippen LogP contribution in [0.5, 0.6) is 0 Å². The fourth-order valence-electron chi connectivity index (χ4n) is 8.77. The number of carbonyl (C=O) groups excluding carboxylic acids is 7. The highest BCUT2D eigenvalue weighted by molar-refractivity contribution is 8.13. The molecular weight excluding hydrogens is 1020 g/mol. The van der Waals surface area contributed by atoms with Crippen LogP contribution in [-0.2, 0) is 57.2 Å². The molecule has 0 aromatic heterocycles. The van der Waals surface area contributed by atoms with Crippen molar-refractivity contribution >= 4 is 52.8 Å². The minimum atomic E-state index is -0.700. The summed E-state index contributed by atoms with van der Waals surface area (Å²) in [4.78, 5) is 96.9. The van der Waals surface area contributed by atoms with Crippen LogP contribution in [0.15, 0.2) is 0 Å². The molecule has 0 N–H and O–H groups in total. The summed E-state index contributed by atoms with van der Waals surface area (Å²) >= 11 is 1.20. The van der Waals surface area contributed by atoms with E-state index in [9.17, 15) is 33.6 Å². The van der Waals surface area contributed by atoms with Gasteiger partial charge in [0.25, 0.3) is 5.24 Å². The van der Waals surface area contributed by atoms with E-state index in [2.05, 4.69) is 39.5 Å². The smallest absolute Gasteiger partial charge is 0.311 e. The highest BCUT2D eigenvalue weighted by atomic mass is 32.2. The minimum Gasteiger partial charge on any atom is -0.465 e. The second-order valence-corrected chi connectivity index (χ2v) is 25.7. The fourth-order valence-corrected chi connectivity index (χ4v) is 9.58. The van der Waals surface area contributed by atoms with Crippen molar-refractivity contribution in [3.05, 3.63) is 0 Å². The number of nitrogens with zero attached hydrogens (tertiary/aromatic N) is 2. The summed E-state index contributed by atoms with van der Waals surface area (Å²) < 4.78 is 34.6. The van der Waals surface area contributed by atoms with E-state index in [-0.39, 0.29) is 107 Å². The van der Waals surface area contributed by atoms with E-state index in [1.54, 1.807) is 4.90 Å². The molecule has 0 aliphatic rings. The zero-order valence-corrected chi connectivity index (χ0v) is 53.5. The van der Waals surface area contributed by atoms with Crippen molar-refractivity contribution in [2.45, 2.75) is 244 Å². The molecule has 1 amide bonds. The maximum Gasteiger partial charge on any atom is 0.311 e. The molecule has 0 aromatic carbocycles. The fraction of sp³-hybridized carbons (Fsp3) is 0.889. The molecule has 0 saturated heterocycles. The zero-order valence-electron chi connectivity index (χ0n) is 52.7. The molecular formula is C63H116N2O13S. The number of ether oxygens (including phenoxy) is 6. The van der Waals surface area contributed by atoms with Gasteiger partial charge in [0.2, 0.25) is 0 Å². The molecule has 0 aliphatic heterocycles. The summed E-state index contributed by atoms with van der Waals surface area (Å²) in [5.74, 6) is -3.13. The van der Waals surface area contributed by atoms with Gasteiger partial charge in [-0.1, -0.05) is 156 Å². The third-order valence-corrected chi connectivity index (χ3v) is 16.0. The Morgan fingerprint density at radius 3 is 1.15 bits per heavy atom. The average Bonchev–Trinajstić information content (AvgIpc) is 3.40. The maximum absolute atomic E-state index is 13.6. The average molecular weight is 1140 g/mol. The number of carbonyl (C=O) groups is 7. The first-order chi connectivity index (χ1) is 37.4. The normalized spacial score (nSPS) is 13.2. The van der Waals surface area contributed by atoms with Crippen LogP contribution in [0, 0.1) is 39.9 Å². The predicted molar refractivity (Wildman–Crippen MR) is 319 cm³/mol. The molecule has 0 spiro atoms. The molecule has 15 nitrogen and oxygen atoms in total. The molecule has 3 unspecified atom stereocenters. The Bertz CT molecular complexity index is 1650. The molecule has 0 fully saturated rings. The van der Waals surface area contributed by atoms with Crippen LogP contribution in [0.2, 0.25) is 0 Å². The highest BCUT2D eigenvalue weighted by Gasteiger charge is 2.33. The molecule has 0 rings (SSSR count). The topological polar surface area (TPSA) is 181 Å². The lowest BCUT2D eigenvalue weighted by molar-refractivity contribution is -0.164. The number of hydrogen-bond acceptors (Lipinski definition) is 15. The molecule has 3 atom stereocenters. The Morgan fingerprint density at radius 2 is 0.785 bits per heavy atom. The number of esters is 6. The standard InChI is InChI=1S/C63H116N2O13S/c1-15-19-23-27-34-50(5)51(6)56(68)75-46-52(47-76-57(69)61(7,8)37-28-24-20-16-2)44-73-54(66)35-31-41-65(60(72)79-43-33-40-64(13)14)42-32-36-55(67)74-45-53(48-77-58(70)62(9,10)38-29-25-21-17-3)49-78-59(71)63(11,12)39-30-26-22-18-4/h50-53H,15-49H2,1-14H3. The van der Waals surface area contributed by atoms with E-state index in [1.807, 2.05) is 62.6 Å². The minimum absolute atomic E-state index is 0.00220. The molecule has 16 heteroatoms. The monoisotopic (exact) mass is 1140 g/mol. The zero-order chi connectivity index (χ0) is 59.7. The van der Waals surface area contributed by atoms with Crippen molar-refractivity contribution in [3.63, 3.8) is 0 Å². The third-order valence-electron chi connectivity index (χ3n) is 15.0. The van der Waals surface area contributed by atoms with Gasteiger partial charge in [-0.2, -0.15) is 0 Å². The quantitative estimate of drug-likeness (QED) is 0.0318. The molecule has 0 aromatic rings. The van der Waals surface area contributed by atoms with Gasteiger partial charge in [-0.05, 0) is 113 Å². The highest BCUT2D eigenvalue weighted by Crippen LogP contribution is 2.29. The van der Waals surface area contributed by atoms with E-state index in [1.165, 1.54) is 11.8 Å². The van der Waals surface area contributed by atoms with Gasteiger partial charge in [-0.3, -0.25) is 33.6 Å². The van der Waals surface area contributed by atoms with Crippen LogP contribution < -0.4 is 0 Å². The summed E-state index contributed by atoms with van der Waals surface area (Å²) in [6.45, 7) is 24.5. The van der Waals surface area contributed by atoms with Crippen LogP contribution in [0.3, 0.4) is 0 Å². The third kappa shape index (κ3) is 37.4. The summed E-state index contributed by atoms with van der Waals surface area (Å²) in [6, 6.07) is 0. The number of hydrogen-bond donors (Lipinski definition) is 0. The molecule has 0 heterocycles. The lowest BCUT2D eigenvalue weighted by Gasteiger charge is -2.26. The lowest BCUT2D eigenvalue weighted by Crippen LogP contribution is -2.34. The van der Waals surface area contributed by atoms with E-state index in [0.29, 0.717) is 37.9 Å². The van der Waals surface area contributed by atoms with E-state index in [4.69, 9.17) is 28.4 Å². The van der Waals surface area contributed by atoms with Crippen LogP contribution >= 0.6 is 11.8 Å². The van der Waals surface area contributed by atoms with Gasteiger partial charge in [0.1, 0.15) is 39.6 Å². The second kappa shape index (κ2) is 44.2. The van der Waals surface area contributed by atoms with Crippen molar-refractivity contribution in [2.24, 2.45) is 39.9 Å². The van der Waals surface area contributed by atoms with Crippen molar-refractivity contribution < 1.29 is 62.0 Å². The Balaban J connectivity index is 5.87. The Morgan fingerprint density at radius 1 is 0.430 bits per heavy atom. The van der Waals surface area contributed by atoms with Gasteiger partial charge < -0.3 is 38.2 Å². The maximum atomic E-state index is 13.6. The van der Waals surface area contributed by atoms with Gasteiger partial charge in [-0.15, -0.1) is 0 Å². The molecule has 0 aliphatic carbocycles. The summed E-state index contributed by atoms with van der Waals surface area (Å²) in [7, 11) is 3.95. The first kappa shape index (κ1) is 75.6. The SMILES string of the molecule is CCCCCCC(C)C(C)C(=O)OCC(COC(=O)CCCN(CCCC(=O)OCC(COC(=O)C(C)(C)CCCCCC)COC(=O)C(C)(C)CCCCCC)C(=O)SCCCN(C)C)COC(=O)C(C)(C)CCCCCC. The molecule has 79 heavy (non-hydrogen) atoms. The van der Waals surface area contributed by atoms with E-state index in [0.717, 1.165) is 122 Å². The lowest BCUT2D eigenvalue weighted by atomic mass is 9.87. The first-order valence-corrected chi connectivity index (χ1v) is 31.9. The summed E-state index contributed by atoms with van der Waals surface area (Å²) in [5.41, 5.74) is -2.10. The Kier molecular flexibility index (Phi) is 42.3. The number of rotatable bonds is 49. The van der Waals surface area contributed by atoms with Crippen molar-refractivity contribution in [1.29, 1.82) is 0 Å². The van der Waals surface area contributed by atoms with Crippen molar-refractivity contribution in [2.75, 3.05) is 79.1 Å². The van der Waals surface area contributed by atoms with Crippen LogP contribution in [0.25, 0.3) is 0 Å². The number of amides is 1. The first-order valence-electron chi connectivity index (χ1n) is 30.9. The number of thioether (sulfide) groups is 1. The molecule has 0 radical (unpaired) electrons. The van der Waals surface area contributed by atoms with Crippen LogP contribution in [0.4, 0.5) is 4.79 Å². The Labute approximate surface area is 485 Å². The molecule has 462 valence electrons. The van der Waals surface area contributed by atoms with Crippen molar-refractivity contribution in [3.8, 4) is 0 Å². The van der Waals surface area contributed by atoms with Gasteiger partial charge in [-0.25, -0.2) is 0 Å². The Hall–Kier alpha value is -3.40.